The Morgan fingerprint density at radius 3 is 2.79 bits per heavy atom. The first-order chi connectivity index (χ1) is 13.4. The minimum atomic E-state index is -1.31. The number of amides is 2. The Labute approximate surface area is 163 Å². The summed E-state index contributed by atoms with van der Waals surface area (Å²) in [5.74, 6) is -0.759. The van der Waals surface area contributed by atoms with Gasteiger partial charge < -0.3 is 20.7 Å². The number of rotatable bonds is 6. The molecule has 6 nitrogen and oxygen atoms in total. The smallest absolute Gasteiger partial charge is 0.254 e. The van der Waals surface area contributed by atoms with Crippen molar-refractivity contribution in [3.8, 4) is 5.75 Å². The summed E-state index contributed by atoms with van der Waals surface area (Å²) in [6, 6.07) is 3.07. The van der Waals surface area contributed by atoms with Crippen molar-refractivity contribution in [2.24, 2.45) is 0 Å². The van der Waals surface area contributed by atoms with E-state index >= 15 is 0 Å². The Kier molecular flexibility index (Phi) is 6.17. The van der Waals surface area contributed by atoms with Gasteiger partial charge in [-0.25, -0.2) is 8.78 Å². The molecule has 0 spiro atoms. The molecule has 0 saturated carbocycles. The van der Waals surface area contributed by atoms with E-state index in [1.165, 1.54) is 13.1 Å². The van der Waals surface area contributed by atoms with Crippen LogP contribution in [0, 0.1) is 0 Å². The standard InChI is InChI=1S/C20H27F2N3O3/c1-12-14-8-13(9-15(19(27)23-2)17(14)28-16(12)10-21)18(26)25-7-5-20(22)4-3-6-24-11-20/h8-9,12,16,24H,3-7,10-11H2,1-2H3,(H,23,27)(H,25,26)/t12-,16+,20+/m0/s1. The first-order valence-electron chi connectivity index (χ1n) is 9.69. The minimum absolute atomic E-state index is 0.197. The number of benzene rings is 1. The zero-order valence-corrected chi connectivity index (χ0v) is 16.2. The summed E-state index contributed by atoms with van der Waals surface area (Å²) >= 11 is 0. The SMILES string of the molecule is CNC(=O)c1cc(C(=O)NCC[C@]2(F)CCCNC2)cc2c1O[C@H](CF)[C@H]2C. The number of alkyl halides is 2. The predicted molar refractivity (Wildman–Crippen MR) is 102 cm³/mol. The number of hydrogen-bond donors (Lipinski definition) is 3. The van der Waals surface area contributed by atoms with E-state index in [-0.39, 0.29) is 30.0 Å². The van der Waals surface area contributed by atoms with Gasteiger partial charge in [-0.2, -0.15) is 0 Å². The first kappa shape index (κ1) is 20.5. The lowest BCUT2D eigenvalue weighted by Crippen LogP contribution is -2.44. The Morgan fingerprint density at radius 2 is 2.14 bits per heavy atom. The van der Waals surface area contributed by atoms with Crippen LogP contribution in [-0.2, 0) is 0 Å². The van der Waals surface area contributed by atoms with E-state index in [0.29, 0.717) is 24.3 Å². The number of hydrogen-bond acceptors (Lipinski definition) is 4. The van der Waals surface area contributed by atoms with Crippen LogP contribution in [0.15, 0.2) is 12.1 Å². The summed E-state index contributed by atoms with van der Waals surface area (Å²) in [7, 11) is 1.48. The molecular weight excluding hydrogens is 368 g/mol. The van der Waals surface area contributed by atoms with Crippen molar-refractivity contribution in [1.82, 2.24) is 16.0 Å². The van der Waals surface area contributed by atoms with Crippen molar-refractivity contribution < 1.29 is 23.1 Å². The molecule has 1 fully saturated rings. The summed E-state index contributed by atoms with van der Waals surface area (Å²) in [6.45, 7) is 2.42. The molecule has 0 aromatic heterocycles. The predicted octanol–water partition coefficient (Wildman–Crippen LogP) is 2.09. The summed E-state index contributed by atoms with van der Waals surface area (Å²) < 4.78 is 33.5. The number of ether oxygens (including phenoxy) is 1. The Morgan fingerprint density at radius 1 is 1.36 bits per heavy atom. The van der Waals surface area contributed by atoms with Gasteiger partial charge in [0.05, 0.1) is 5.56 Å². The van der Waals surface area contributed by atoms with Crippen LogP contribution in [0.25, 0.3) is 0 Å². The summed E-state index contributed by atoms with van der Waals surface area (Å²) in [6.07, 6.45) is 0.803. The summed E-state index contributed by atoms with van der Waals surface area (Å²) in [5.41, 5.74) is -0.200. The summed E-state index contributed by atoms with van der Waals surface area (Å²) in [5, 5.41) is 8.29. The molecule has 0 bridgehead atoms. The molecule has 2 aliphatic heterocycles. The molecule has 28 heavy (non-hydrogen) atoms. The van der Waals surface area contributed by atoms with Gasteiger partial charge in [-0.3, -0.25) is 9.59 Å². The normalized spacial score (nSPS) is 26.3. The van der Waals surface area contributed by atoms with Crippen LogP contribution in [-0.4, -0.2) is 56.9 Å². The van der Waals surface area contributed by atoms with Gasteiger partial charge in [-0.15, -0.1) is 0 Å². The van der Waals surface area contributed by atoms with E-state index < -0.39 is 30.3 Å². The maximum absolute atomic E-state index is 14.6. The fourth-order valence-electron chi connectivity index (χ4n) is 3.82. The van der Waals surface area contributed by atoms with Gasteiger partial charge in [0.15, 0.2) is 0 Å². The number of piperidine rings is 1. The van der Waals surface area contributed by atoms with Crippen LogP contribution >= 0.6 is 0 Å². The van der Waals surface area contributed by atoms with Crippen LogP contribution in [0.4, 0.5) is 8.78 Å². The first-order valence-corrected chi connectivity index (χ1v) is 9.69. The van der Waals surface area contributed by atoms with Gasteiger partial charge in [0.1, 0.15) is 24.2 Å². The maximum atomic E-state index is 14.6. The number of carbonyl (C=O) groups is 2. The van der Waals surface area contributed by atoms with E-state index in [1.54, 1.807) is 13.0 Å². The molecule has 154 valence electrons. The highest BCUT2D eigenvalue weighted by atomic mass is 19.1. The van der Waals surface area contributed by atoms with Crippen LogP contribution in [0.3, 0.4) is 0 Å². The van der Waals surface area contributed by atoms with Crippen molar-refractivity contribution >= 4 is 11.8 Å². The Balaban J connectivity index is 1.75. The van der Waals surface area contributed by atoms with E-state index in [1.807, 2.05) is 0 Å². The zero-order chi connectivity index (χ0) is 20.3. The molecule has 3 rings (SSSR count). The van der Waals surface area contributed by atoms with Crippen molar-refractivity contribution in [2.45, 2.75) is 43.9 Å². The van der Waals surface area contributed by atoms with Gasteiger partial charge in [-0.1, -0.05) is 6.92 Å². The molecular formula is C20H27F2N3O3. The number of halogens is 2. The minimum Gasteiger partial charge on any atom is -0.486 e. The molecule has 2 heterocycles. The third kappa shape index (κ3) is 4.11. The second kappa shape index (κ2) is 8.43. The number of carbonyl (C=O) groups excluding carboxylic acids is 2. The molecule has 1 aromatic rings. The van der Waals surface area contributed by atoms with Crippen LogP contribution < -0.4 is 20.7 Å². The third-order valence-corrected chi connectivity index (χ3v) is 5.60. The van der Waals surface area contributed by atoms with E-state index in [0.717, 1.165) is 13.0 Å². The Bertz CT molecular complexity index is 750. The largest absolute Gasteiger partial charge is 0.486 e. The Hall–Kier alpha value is -2.22. The lowest BCUT2D eigenvalue weighted by Gasteiger charge is -2.30. The number of fused-ring (bicyclic) bond motifs is 1. The monoisotopic (exact) mass is 395 g/mol. The molecule has 3 atom stereocenters. The second-order valence-corrected chi connectivity index (χ2v) is 7.56. The van der Waals surface area contributed by atoms with Crippen molar-refractivity contribution in [1.29, 1.82) is 0 Å². The zero-order valence-electron chi connectivity index (χ0n) is 16.2. The molecule has 0 radical (unpaired) electrons. The topological polar surface area (TPSA) is 79.5 Å². The highest BCUT2D eigenvalue weighted by Gasteiger charge is 2.35. The van der Waals surface area contributed by atoms with Gasteiger partial charge in [0.2, 0.25) is 0 Å². The summed E-state index contributed by atoms with van der Waals surface area (Å²) in [4.78, 5) is 24.9. The molecule has 0 unspecified atom stereocenters. The highest BCUT2D eigenvalue weighted by Crippen LogP contribution is 2.41. The molecule has 2 amide bonds. The van der Waals surface area contributed by atoms with Gasteiger partial charge in [0.25, 0.3) is 11.8 Å². The van der Waals surface area contributed by atoms with Crippen molar-refractivity contribution in [3.63, 3.8) is 0 Å². The average Bonchev–Trinajstić information content (AvgIpc) is 3.03. The molecule has 2 aliphatic rings. The molecule has 8 heteroatoms. The lowest BCUT2D eigenvalue weighted by atomic mass is 9.92. The molecule has 1 saturated heterocycles. The van der Waals surface area contributed by atoms with Crippen molar-refractivity contribution in [3.05, 3.63) is 28.8 Å². The van der Waals surface area contributed by atoms with Crippen LogP contribution in [0.5, 0.6) is 5.75 Å². The third-order valence-electron chi connectivity index (χ3n) is 5.60. The highest BCUT2D eigenvalue weighted by molar-refractivity contribution is 6.02. The quantitative estimate of drug-likeness (QED) is 0.689. The number of nitrogens with one attached hydrogen (secondary N) is 3. The molecule has 0 aliphatic carbocycles. The van der Waals surface area contributed by atoms with Gasteiger partial charge >= 0.3 is 0 Å². The molecule has 3 N–H and O–H groups in total. The maximum Gasteiger partial charge on any atom is 0.254 e. The van der Waals surface area contributed by atoms with Crippen LogP contribution in [0.1, 0.15) is 58.4 Å². The fourth-order valence-corrected chi connectivity index (χ4v) is 3.82. The lowest BCUT2D eigenvalue weighted by molar-refractivity contribution is 0.0907. The average molecular weight is 395 g/mol. The second-order valence-electron chi connectivity index (χ2n) is 7.56. The van der Waals surface area contributed by atoms with Crippen molar-refractivity contribution in [2.75, 3.05) is 33.4 Å². The molecule has 1 aromatic carbocycles. The fraction of sp³-hybridized carbons (Fsp3) is 0.600. The van der Waals surface area contributed by atoms with E-state index in [2.05, 4.69) is 16.0 Å². The van der Waals surface area contributed by atoms with E-state index in [4.69, 9.17) is 4.74 Å². The van der Waals surface area contributed by atoms with E-state index in [9.17, 15) is 18.4 Å². The van der Waals surface area contributed by atoms with Crippen LogP contribution in [0.2, 0.25) is 0 Å². The van der Waals surface area contributed by atoms with Gasteiger partial charge in [-0.05, 0) is 31.5 Å². The van der Waals surface area contributed by atoms with Gasteiger partial charge in [0, 0.05) is 43.6 Å².